The number of carboxylic acid groups (broad SMARTS) is 1. The highest BCUT2D eigenvalue weighted by Gasteiger charge is 2.46. The van der Waals surface area contributed by atoms with E-state index in [0.29, 0.717) is 11.2 Å². The topological polar surface area (TPSA) is 84.2 Å². The van der Waals surface area contributed by atoms with Crippen molar-refractivity contribution in [1.82, 2.24) is 4.98 Å². The molecule has 1 saturated heterocycles. The average molecular weight is 520 g/mol. The largest absolute Gasteiger partial charge is 0.492 e. The SMILES string of the molecule is Cc1cc(N2CCC(C)(C)CC2)c(C2C=CC(COc3ccccc3)([C@H](OC(C)(C)C)C(=O)O)C=N2)cn1. The van der Waals surface area contributed by atoms with Gasteiger partial charge in [0.25, 0.3) is 0 Å². The summed E-state index contributed by atoms with van der Waals surface area (Å²) in [4.78, 5) is 24.4. The molecule has 0 bridgehead atoms. The first-order valence-corrected chi connectivity index (χ1v) is 13.4. The summed E-state index contributed by atoms with van der Waals surface area (Å²) in [6.07, 6.45) is 8.58. The number of anilines is 1. The fourth-order valence-corrected chi connectivity index (χ4v) is 4.96. The van der Waals surface area contributed by atoms with Crippen LogP contribution in [-0.4, -0.2) is 53.7 Å². The summed E-state index contributed by atoms with van der Waals surface area (Å²) in [6, 6.07) is 11.2. The quantitative estimate of drug-likeness (QED) is 0.429. The first-order valence-electron chi connectivity index (χ1n) is 13.4. The Morgan fingerprint density at radius 1 is 1.18 bits per heavy atom. The van der Waals surface area contributed by atoms with E-state index in [9.17, 15) is 9.90 Å². The van der Waals surface area contributed by atoms with Gasteiger partial charge in [-0.3, -0.25) is 9.98 Å². The number of aliphatic carboxylic acids is 1. The molecule has 2 aliphatic heterocycles. The van der Waals surface area contributed by atoms with E-state index in [2.05, 4.69) is 29.8 Å². The molecule has 0 radical (unpaired) electrons. The number of aryl methyl sites for hydroxylation is 1. The lowest BCUT2D eigenvalue weighted by atomic mass is 9.80. The number of carbonyl (C=O) groups is 1. The van der Waals surface area contributed by atoms with Gasteiger partial charge in [-0.05, 0) is 64.2 Å². The summed E-state index contributed by atoms with van der Waals surface area (Å²) in [7, 11) is 0. The monoisotopic (exact) mass is 519 g/mol. The molecular weight excluding hydrogens is 478 g/mol. The average Bonchev–Trinajstić information content (AvgIpc) is 2.86. The van der Waals surface area contributed by atoms with Gasteiger partial charge in [0.05, 0.1) is 17.1 Å². The Morgan fingerprint density at radius 3 is 2.45 bits per heavy atom. The Balaban J connectivity index is 1.65. The Hall–Kier alpha value is -3.19. The summed E-state index contributed by atoms with van der Waals surface area (Å²) in [5.41, 5.74) is 1.72. The van der Waals surface area contributed by atoms with Crippen LogP contribution in [0, 0.1) is 17.8 Å². The van der Waals surface area contributed by atoms with Gasteiger partial charge in [-0.1, -0.05) is 44.2 Å². The molecule has 3 atom stereocenters. The minimum Gasteiger partial charge on any atom is -0.492 e. The normalized spacial score (nSPS) is 23.7. The van der Waals surface area contributed by atoms with E-state index in [-0.39, 0.29) is 12.6 Å². The highest BCUT2D eigenvalue weighted by molar-refractivity contribution is 5.84. The molecule has 1 fully saturated rings. The first kappa shape index (κ1) is 27.8. The van der Waals surface area contributed by atoms with E-state index < -0.39 is 23.1 Å². The number of dihydropyridines is 1. The van der Waals surface area contributed by atoms with Crippen LogP contribution in [-0.2, 0) is 9.53 Å². The number of carboxylic acids is 1. The molecule has 4 rings (SSSR count). The molecule has 3 heterocycles. The Morgan fingerprint density at radius 2 is 1.87 bits per heavy atom. The van der Waals surface area contributed by atoms with E-state index in [4.69, 9.17) is 14.5 Å². The van der Waals surface area contributed by atoms with Crippen molar-refractivity contribution in [2.75, 3.05) is 24.6 Å². The fraction of sp³-hybridized carbons (Fsp3) is 0.516. The van der Waals surface area contributed by atoms with Crippen LogP contribution in [0.2, 0.25) is 0 Å². The van der Waals surface area contributed by atoms with Crippen molar-refractivity contribution in [3.05, 3.63) is 66.0 Å². The molecule has 204 valence electrons. The maximum Gasteiger partial charge on any atom is 0.334 e. The smallest absolute Gasteiger partial charge is 0.334 e. The molecule has 38 heavy (non-hydrogen) atoms. The number of rotatable bonds is 8. The van der Waals surface area contributed by atoms with Crippen molar-refractivity contribution < 1.29 is 19.4 Å². The van der Waals surface area contributed by atoms with Gasteiger partial charge in [0.15, 0.2) is 6.10 Å². The van der Waals surface area contributed by atoms with E-state index in [1.165, 1.54) is 0 Å². The number of pyridine rings is 1. The molecular formula is C31H41N3O4. The van der Waals surface area contributed by atoms with Crippen molar-refractivity contribution in [1.29, 1.82) is 0 Å². The minimum absolute atomic E-state index is 0.0803. The third-order valence-electron chi connectivity index (χ3n) is 7.31. The van der Waals surface area contributed by atoms with Crippen molar-refractivity contribution in [2.24, 2.45) is 15.8 Å². The van der Waals surface area contributed by atoms with E-state index >= 15 is 0 Å². The second-order valence-corrected chi connectivity index (χ2v) is 12.3. The van der Waals surface area contributed by atoms with Gasteiger partial charge in [0.2, 0.25) is 0 Å². The Bertz CT molecular complexity index is 1160. The van der Waals surface area contributed by atoms with Gasteiger partial charge in [-0.2, -0.15) is 0 Å². The maximum absolute atomic E-state index is 12.5. The summed E-state index contributed by atoms with van der Waals surface area (Å²) in [5, 5.41) is 10.2. The highest BCUT2D eigenvalue weighted by atomic mass is 16.5. The number of hydrogen-bond donors (Lipinski definition) is 1. The summed E-state index contributed by atoms with van der Waals surface area (Å²) < 4.78 is 12.2. The number of para-hydroxylation sites is 1. The molecule has 2 aliphatic rings. The number of hydrogen-bond acceptors (Lipinski definition) is 6. The summed E-state index contributed by atoms with van der Waals surface area (Å²) in [6.45, 7) is 14.3. The fourth-order valence-electron chi connectivity index (χ4n) is 4.96. The zero-order chi connectivity index (χ0) is 27.6. The van der Waals surface area contributed by atoms with Crippen LogP contribution in [0.3, 0.4) is 0 Å². The predicted molar refractivity (Wildman–Crippen MR) is 151 cm³/mol. The molecule has 2 aromatic rings. The van der Waals surface area contributed by atoms with Gasteiger partial charge >= 0.3 is 5.97 Å². The second kappa shape index (κ2) is 10.9. The standard InChI is InChI=1S/C31H41N3O4/c1-22-18-26(34-16-14-30(5,6)15-17-34)24(19-32-22)25-12-13-31(20-33-25,21-37-23-10-8-7-9-11-23)27(28(35)36)38-29(2,3)4/h7-13,18-20,25,27H,14-17,21H2,1-6H3,(H,35,36)/t25?,27-,31?/m1/s1. The van der Waals surface area contributed by atoms with Gasteiger partial charge < -0.3 is 19.5 Å². The molecule has 0 amide bonds. The van der Waals surface area contributed by atoms with Crippen LogP contribution in [0.4, 0.5) is 5.69 Å². The number of benzene rings is 1. The highest BCUT2D eigenvalue weighted by Crippen LogP contribution is 2.40. The lowest BCUT2D eigenvalue weighted by Crippen LogP contribution is -2.50. The van der Waals surface area contributed by atoms with Crippen LogP contribution < -0.4 is 9.64 Å². The maximum atomic E-state index is 12.5. The molecule has 1 aromatic heterocycles. The number of aliphatic imine (C=N–C) groups is 1. The second-order valence-electron chi connectivity index (χ2n) is 12.3. The molecule has 0 saturated carbocycles. The zero-order valence-electron chi connectivity index (χ0n) is 23.5. The van der Waals surface area contributed by atoms with Gasteiger partial charge in [0.1, 0.15) is 12.4 Å². The van der Waals surface area contributed by atoms with Gasteiger partial charge in [0, 0.05) is 42.4 Å². The van der Waals surface area contributed by atoms with E-state index in [1.807, 2.05) is 76.4 Å². The summed E-state index contributed by atoms with van der Waals surface area (Å²) in [5.74, 6) is -0.395. The Labute approximate surface area is 226 Å². The lowest BCUT2D eigenvalue weighted by Gasteiger charge is -2.40. The lowest BCUT2D eigenvalue weighted by molar-refractivity contribution is -0.168. The minimum atomic E-state index is -1.17. The summed E-state index contributed by atoms with van der Waals surface area (Å²) >= 11 is 0. The third-order valence-corrected chi connectivity index (χ3v) is 7.31. The van der Waals surface area contributed by atoms with Crippen molar-refractivity contribution in [2.45, 2.75) is 72.1 Å². The zero-order valence-corrected chi connectivity index (χ0v) is 23.5. The van der Waals surface area contributed by atoms with Crippen LogP contribution in [0.25, 0.3) is 0 Å². The van der Waals surface area contributed by atoms with Crippen molar-refractivity contribution in [3.63, 3.8) is 0 Å². The molecule has 1 aromatic carbocycles. The van der Waals surface area contributed by atoms with E-state index in [1.54, 1.807) is 6.21 Å². The Kier molecular flexibility index (Phi) is 7.98. The third kappa shape index (κ3) is 6.62. The van der Waals surface area contributed by atoms with Crippen LogP contribution in [0.15, 0.2) is 59.7 Å². The first-order chi connectivity index (χ1) is 17.9. The van der Waals surface area contributed by atoms with Gasteiger partial charge in [-0.25, -0.2) is 4.79 Å². The molecule has 0 spiro atoms. The number of piperidine rings is 1. The number of nitrogens with zero attached hydrogens (tertiary/aromatic N) is 3. The molecule has 1 N–H and O–H groups in total. The number of ether oxygens (including phenoxy) is 2. The predicted octanol–water partition coefficient (Wildman–Crippen LogP) is 6.03. The van der Waals surface area contributed by atoms with E-state index in [0.717, 1.165) is 42.9 Å². The van der Waals surface area contributed by atoms with Crippen LogP contribution in [0.5, 0.6) is 5.75 Å². The molecule has 0 aliphatic carbocycles. The van der Waals surface area contributed by atoms with Crippen LogP contribution >= 0.6 is 0 Å². The molecule has 7 heteroatoms. The molecule has 2 unspecified atom stereocenters. The number of aromatic nitrogens is 1. The molecule has 7 nitrogen and oxygen atoms in total. The van der Waals surface area contributed by atoms with Gasteiger partial charge in [-0.15, -0.1) is 0 Å². The van der Waals surface area contributed by atoms with Crippen molar-refractivity contribution >= 4 is 17.9 Å². The van der Waals surface area contributed by atoms with Crippen molar-refractivity contribution in [3.8, 4) is 5.75 Å². The van der Waals surface area contributed by atoms with Crippen LogP contribution in [0.1, 0.15) is 64.8 Å².